The van der Waals surface area contributed by atoms with Gasteiger partial charge in [-0.25, -0.2) is 4.98 Å². The molecular weight excluding hydrogens is 250 g/mol. The summed E-state index contributed by atoms with van der Waals surface area (Å²) in [6.07, 6.45) is 4.87. The summed E-state index contributed by atoms with van der Waals surface area (Å²) in [6, 6.07) is 3.76. The van der Waals surface area contributed by atoms with Crippen molar-refractivity contribution in [3.63, 3.8) is 0 Å². The lowest BCUT2D eigenvalue weighted by Crippen LogP contribution is -2.37. The normalized spacial score (nSPS) is 12.2. The van der Waals surface area contributed by atoms with E-state index in [9.17, 15) is 4.79 Å². The van der Waals surface area contributed by atoms with Gasteiger partial charge in [-0.3, -0.25) is 4.79 Å². The van der Waals surface area contributed by atoms with Crippen molar-refractivity contribution in [2.24, 2.45) is 5.92 Å². The Labute approximate surface area is 122 Å². The molecule has 1 atom stereocenters. The Morgan fingerprint density at radius 2 is 2.00 bits per heavy atom. The zero-order valence-electron chi connectivity index (χ0n) is 13.1. The predicted octanol–water partition coefficient (Wildman–Crippen LogP) is 3.46. The fraction of sp³-hybridized carbons (Fsp3) is 0.625. The molecule has 0 aromatic carbocycles. The maximum absolute atomic E-state index is 12.3. The first-order valence-electron chi connectivity index (χ1n) is 7.63. The number of hydrogen-bond donors (Lipinski definition) is 2. The van der Waals surface area contributed by atoms with E-state index in [0.29, 0.717) is 11.5 Å². The molecule has 1 rings (SSSR count). The van der Waals surface area contributed by atoms with Gasteiger partial charge in [0.2, 0.25) is 0 Å². The second kappa shape index (κ2) is 8.56. The van der Waals surface area contributed by atoms with Gasteiger partial charge < -0.3 is 10.6 Å². The van der Waals surface area contributed by atoms with Crippen LogP contribution < -0.4 is 10.6 Å². The maximum atomic E-state index is 12.3. The maximum Gasteiger partial charge on any atom is 0.251 e. The molecule has 0 fully saturated rings. The van der Waals surface area contributed by atoms with Crippen LogP contribution in [0.4, 0.5) is 5.82 Å². The molecule has 0 aliphatic rings. The molecule has 0 saturated carbocycles. The molecule has 0 bridgehead atoms. The van der Waals surface area contributed by atoms with Gasteiger partial charge >= 0.3 is 0 Å². The highest BCUT2D eigenvalue weighted by molar-refractivity contribution is 5.94. The lowest BCUT2D eigenvalue weighted by atomic mass is 9.95. The van der Waals surface area contributed by atoms with E-state index in [1.165, 1.54) is 0 Å². The highest BCUT2D eigenvalue weighted by atomic mass is 16.1. The van der Waals surface area contributed by atoms with Crippen molar-refractivity contribution in [2.75, 3.05) is 11.9 Å². The molecule has 4 heteroatoms. The van der Waals surface area contributed by atoms with Gasteiger partial charge in [-0.05, 0) is 31.4 Å². The van der Waals surface area contributed by atoms with Crippen LogP contribution in [0.5, 0.6) is 0 Å². The fourth-order valence-corrected chi connectivity index (χ4v) is 2.33. The molecule has 4 nitrogen and oxygen atoms in total. The SMILES string of the molecule is CCCNc1cc(C(=O)NC(C)C(CC)CC)ccn1. The van der Waals surface area contributed by atoms with Crippen LogP contribution in [0.25, 0.3) is 0 Å². The van der Waals surface area contributed by atoms with E-state index >= 15 is 0 Å². The lowest BCUT2D eigenvalue weighted by molar-refractivity contribution is 0.0925. The number of aromatic nitrogens is 1. The third-order valence-corrected chi connectivity index (χ3v) is 3.69. The number of rotatable bonds is 8. The summed E-state index contributed by atoms with van der Waals surface area (Å²) >= 11 is 0. The first-order valence-corrected chi connectivity index (χ1v) is 7.63. The molecule has 112 valence electrons. The van der Waals surface area contributed by atoms with Crippen LogP contribution in [0.15, 0.2) is 18.3 Å². The molecule has 0 aliphatic heterocycles. The molecule has 1 heterocycles. The summed E-state index contributed by atoms with van der Waals surface area (Å²) in [5.41, 5.74) is 0.663. The van der Waals surface area contributed by atoms with Crippen molar-refractivity contribution in [1.82, 2.24) is 10.3 Å². The van der Waals surface area contributed by atoms with Crippen molar-refractivity contribution in [1.29, 1.82) is 0 Å². The summed E-state index contributed by atoms with van der Waals surface area (Å²) in [5.74, 6) is 1.26. The molecule has 2 N–H and O–H groups in total. The Bertz CT molecular complexity index is 416. The summed E-state index contributed by atoms with van der Waals surface area (Å²) in [7, 11) is 0. The zero-order chi connectivity index (χ0) is 15.0. The Hall–Kier alpha value is -1.58. The van der Waals surface area contributed by atoms with E-state index in [0.717, 1.165) is 31.6 Å². The predicted molar refractivity (Wildman–Crippen MR) is 84.0 cm³/mol. The standard InChI is InChI=1S/C16H27N3O/c1-5-9-17-15-11-14(8-10-18-15)16(20)19-12(4)13(6-2)7-3/h8,10-13H,5-7,9H2,1-4H3,(H,17,18)(H,19,20). The summed E-state index contributed by atoms with van der Waals surface area (Å²) < 4.78 is 0. The van der Waals surface area contributed by atoms with Crippen LogP contribution in [-0.4, -0.2) is 23.5 Å². The number of amides is 1. The van der Waals surface area contributed by atoms with Gasteiger partial charge in [0.25, 0.3) is 5.91 Å². The molecule has 0 radical (unpaired) electrons. The Morgan fingerprint density at radius 1 is 1.30 bits per heavy atom. The number of hydrogen-bond acceptors (Lipinski definition) is 3. The number of nitrogens with zero attached hydrogens (tertiary/aromatic N) is 1. The minimum absolute atomic E-state index is 0.0219. The van der Waals surface area contributed by atoms with Crippen LogP contribution in [0.1, 0.15) is 57.3 Å². The number of anilines is 1. The zero-order valence-corrected chi connectivity index (χ0v) is 13.1. The highest BCUT2D eigenvalue weighted by Gasteiger charge is 2.16. The third kappa shape index (κ3) is 4.83. The minimum Gasteiger partial charge on any atom is -0.370 e. The Kier molecular flexibility index (Phi) is 7.05. The molecule has 1 aromatic heterocycles. The van der Waals surface area contributed by atoms with Crippen LogP contribution in [0, 0.1) is 5.92 Å². The second-order valence-electron chi connectivity index (χ2n) is 5.20. The van der Waals surface area contributed by atoms with E-state index in [1.807, 2.05) is 6.07 Å². The van der Waals surface area contributed by atoms with Gasteiger partial charge in [-0.1, -0.05) is 33.6 Å². The van der Waals surface area contributed by atoms with E-state index < -0.39 is 0 Å². The van der Waals surface area contributed by atoms with Crippen LogP contribution in [-0.2, 0) is 0 Å². The molecular formula is C16H27N3O. The first kappa shape index (κ1) is 16.5. The first-order chi connectivity index (χ1) is 9.62. The highest BCUT2D eigenvalue weighted by Crippen LogP contribution is 2.14. The largest absolute Gasteiger partial charge is 0.370 e. The van der Waals surface area contributed by atoms with Gasteiger partial charge in [-0.15, -0.1) is 0 Å². The van der Waals surface area contributed by atoms with Crippen LogP contribution in [0.2, 0.25) is 0 Å². The van der Waals surface area contributed by atoms with Crippen molar-refractivity contribution >= 4 is 11.7 Å². The van der Waals surface area contributed by atoms with Crippen LogP contribution in [0.3, 0.4) is 0 Å². The molecule has 1 aromatic rings. The van der Waals surface area contributed by atoms with Gasteiger partial charge in [0.15, 0.2) is 0 Å². The van der Waals surface area contributed by atoms with Crippen LogP contribution >= 0.6 is 0 Å². The summed E-state index contributed by atoms with van der Waals surface area (Å²) in [5, 5.41) is 6.28. The summed E-state index contributed by atoms with van der Waals surface area (Å²) in [4.78, 5) is 16.5. The van der Waals surface area contributed by atoms with Gasteiger partial charge in [0.1, 0.15) is 5.82 Å². The van der Waals surface area contributed by atoms with Crippen molar-refractivity contribution < 1.29 is 4.79 Å². The van der Waals surface area contributed by atoms with E-state index in [-0.39, 0.29) is 11.9 Å². The second-order valence-corrected chi connectivity index (χ2v) is 5.20. The molecule has 20 heavy (non-hydrogen) atoms. The van der Waals surface area contributed by atoms with Crippen molar-refractivity contribution in [3.8, 4) is 0 Å². The van der Waals surface area contributed by atoms with Gasteiger partial charge in [0.05, 0.1) is 0 Å². The number of nitrogens with one attached hydrogen (secondary N) is 2. The van der Waals surface area contributed by atoms with Crippen molar-refractivity contribution in [3.05, 3.63) is 23.9 Å². The van der Waals surface area contributed by atoms with E-state index in [4.69, 9.17) is 0 Å². The number of carbonyl (C=O) groups is 1. The van der Waals surface area contributed by atoms with Gasteiger partial charge in [-0.2, -0.15) is 0 Å². The monoisotopic (exact) mass is 277 g/mol. The van der Waals surface area contributed by atoms with E-state index in [1.54, 1.807) is 12.3 Å². The summed E-state index contributed by atoms with van der Waals surface area (Å²) in [6.45, 7) is 9.36. The topological polar surface area (TPSA) is 54.0 Å². The minimum atomic E-state index is -0.0219. The average molecular weight is 277 g/mol. The number of pyridine rings is 1. The quantitative estimate of drug-likeness (QED) is 0.765. The van der Waals surface area contributed by atoms with E-state index in [2.05, 4.69) is 43.3 Å². The van der Waals surface area contributed by atoms with Crippen molar-refractivity contribution in [2.45, 2.75) is 53.0 Å². The molecule has 1 amide bonds. The molecule has 0 spiro atoms. The Balaban J connectivity index is 2.67. The smallest absolute Gasteiger partial charge is 0.251 e. The number of carbonyl (C=O) groups excluding carboxylic acids is 1. The fourth-order valence-electron chi connectivity index (χ4n) is 2.33. The molecule has 0 saturated heterocycles. The lowest BCUT2D eigenvalue weighted by Gasteiger charge is -2.22. The molecule has 1 unspecified atom stereocenters. The average Bonchev–Trinajstić information content (AvgIpc) is 2.46. The Morgan fingerprint density at radius 3 is 2.60 bits per heavy atom. The third-order valence-electron chi connectivity index (χ3n) is 3.69. The molecule has 0 aliphatic carbocycles. The van der Waals surface area contributed by atoms with Gasteiger partial charge in [0, 0.05) is 24.3 Å².